The normalized spacial score (nSPS) is 22.8. The second-order valence-electron chi connectivity index (χ2n) is 7.92. The SMILES string of the molecule is CC(=O)NCC1OC(=O)N2c3ccc(-c4ccc(C5(C#N)CC5)nc4)cc3OCC12. The Bertz CT molecular complexity index is 1070. The molecule has 2 unspecified atom stereocenters. The van der Waals surface area contributed by atoms with Gasteiger partial charge in [0.15, 0.2) is 0 Å². The van der Waals surface area contributed by atoms with E-state index in [4.69, 9.17) is 9.47 Å². The molecular formula is C22H20N4O4. The standard InChI is InChI=1S/C22H20N4O4/c1-13(27)24-10-19-17-11-29-18-8-14(2-4-16(18)26(17)21(28)30-19)15-3-5-20(25-9-15)22(12-23)6-7-22/h2-5,8-9,17,19H,6-7,10-11H2,1H3,(H,24,27). The van der Waals surface area contributed by atoms with Crippen LogP contribution in [0.3, 0.4) is 0 Å². The van der Waals surface area contributed by atoms with E-state index in [0.29, 0.717) is 11.4 Å². The van der Waals surface area contributed by atoms with Crippen LogP contribution in [0.4, 0.5) is 10.5 Å². The summed E-state index contributed by atoms with van der Waals surface area (Å²) < 4.78 is 11.4. The monoisotopic (exact) mass is 404 g/mol. The predicted molar refractivity (Wildman–Crippen MR) is 107 cm³/mol. The number of pyridine rings is 1. The van der Waals surface area contributed by atoms with Crippen LogP contribution < -0.4 is 15.0 Å². The van der Waals surface area contributed by atoms with E-state index in [9.17, 15) is 14.9 Å². The molecule has 30 heavy (non-hydrogen) atoms. The smallest absolute Gasteiger partial charge is 0.415 e. The van der Waals surface area contributed by atoms with Gasteiger partial charge in [-0.1, -0.05) is 12.1 Å². The Balaban J connectivity index is 1.39. The summed E-state index contributed by atoms with van der Waals surface area (Å²) in [6, 6.07) is 11.6. The summed E-state index contributed by atoms with van der Waals surface area (Å²) in [4.78, 5) is 29.7. The van der Waals surface area contributed by atoms with Gasteiger partial charge in [0.05, 0.1) is 29.4 Å². The molecule has 2 fully saturated rings. The number of nitrogens with one attached hydrogen (secondary N) is 1. The van der Waals surface area contributed by atoms with Crippen LogP contribution in [-0.2, 0) is 14.9 Å². The van der Waals surface area contributed by atoms with E-state index in [1.807, 2.05) is 30.3 Å². The Morgan fingerprint density at radius 2 is 2.13 bits per heavy atom. The van der Waals surface area contributed by atoms with E-state index >= 15 is 0 Å². The summed E-state index contributed by atoms with van der Waals surface area (Å²) in [5.41, 5.74) is 2.88. The summed E-state index contributed by atoms with van der Waals surface area (Å²) in [6.07, 6.45) is 2.59. The zero-order valence-electron chi connectivity index (χ0n) is 16.4. The molecule has 0 radical (unpaired) electrons. The van der Waals surface area contributed by atoms with Gasteiger partial charge in [-0.05, 0) is 36.6 Å². The van der Waals surface area contributed by atoms with Crippen molar-refractivity contribution in [3.05, 3.63) is 42.2 Å². The first kappa shape index (κ1) is 18.4. The maximum absolute atomic E-state index is 12.4. The summed E-state index contributed by atoms with van der Waals surface area (Å²) in [6.45, 7) is 1.96. The van der Waals surface area contributed by atoms with Gasteiger partial charge in [0, 0.05) is 18.7 Å². The molecule has 2 atom stereocenters. The molecule has 1 N–H and O–H groups in total. The van der Waals surface area contributed by atoms with Gasteiger partial charge in [-0.2, -0.15) is 5.26 Å². The maximum Gasteiger partial charge on any atom is 0.415 e. The minimum atomic E-state index is -0.458. The first-order chi connectivity index (χ1) is 14.5. The van der Waals surface area contributed by atoms with Crippen LogP contribution in [0.5, 0.6) is 5.75 Å². The third-order valence-corrected chi connectivity index (χ3v) is 5.94. The van der Waals surface area contributed by atoms with Crippen molar-refractivity contribution in [2.75, 3.05) is 18.1 Å². The molecule has 1 saturated heterocycles. The minimum Gasteiger partial charge on any atom is -0.489 e. The number of aromatic nitrogens is 1. The minimum absolute atomic E-state index is 0.173. The Morgan fingerprint density at radius 1 is 1.33 bits per heavy atom. The van der Waals surface area contributed by atoms with Gasteiger partial charge >= 0.3 is 6.09 Å². The summed E-state index contributed by atoms with van der Waals surface area (Å²) in [7, 11) is 0. The van der Waals surface area contributed by atoms with Crippen LogP contribution in [0, 0.1) is 11.3 Å². The number of ether oxygens (including phenoxy) is 2. The van der Waals surface area contributed by atoms with Crippen LogP contribution in [0.2, 0.25) is 0 Å². The molecule has 1 aromatic carbocycles. The van der Waals surface area contributed by atoms with Crippen molar-refractivity contribution in [3.8, 4) is 22.9 Å². The van der Waals surface area contributed by atoms with Gasteiger partial charge in [-0.15, -0.1) is 0 Å². The van der Waals surface area contributed by atoms with E-state index in [1.165, 1.54) is 6.92 Å². The lowest BCUT2D eigenvalue weighted by Gasteiger charge is -2.31. The molecule has 1 saturated carbocycles. The number of rotatable bonds is 4. The first-order valence-corrected chi connectivity index (χ1v) is 9.90. The van der Waals surface area contributed by atoms with Crippen molar-refractivity contribution in [2.24, 2.45) is 0 Å². The second kappa shape index (κ2) is 6.73. The molecular weight excluding hydrogens is 384 g/mol. The zero-order valence-corrected chi connectivity index (χ0v) is 16.4. The predicted octanol–water partition coefficient (Wildman–Crippen LogP) is 2.53. The average molecular weight is 404 g/mol. The van der Waals surface area contributed by atoms with Crippen LogP contribution in [-0.4, -0.2) is 42.3 Å². The lowest BCUT2D eigenvalue weighted by molar-refractivity contribution is -0.119. The van der Waals surface area contributed by atoms with Gasteiger partial charge in [0.1, 0.15) is 24.5 Å². The molecule has 8 nitrogen and oxygen atoms in total. The van der Waals surface area contributed by atoms with Crippen molar-refractivity contribution in [3.63, 3.8) is 0 Å². The maximum atomic E-state index is 12.4. The Kier molecular flexibility index (Phi) is 4.13. The molecule has 1 aliphatic carbocycles. The number of fused-ring (bicyclic) bond motifs is 3. The number of nitriles is 1. The van der Waals surface area contributed by atoms with Crippen molar-refractivity contribution < 1.29 is 19.1 Å². The van der Waals surface area contributed by atoms with E-state index in [-0.39, 0.29) is 25.1 Å². The fraction of sp³-hybridized carbons (Fsp3) is 0.364. The number of anilines is 1. The molecule has 2 amide bonds. The van der Waals surface area contributed by atoms with E-state index < -0.39 is 17.6 Å². The van der Waals surface area contributed by atoms with E-state index in [1.54, 1.807) is 11.1 Å². The number of hydrogen-bond donors (Lipinski definition) is 1. The third kappa shape index (κ3) is 2.94. The number of carbonyl (C=O) groups is 2. The average Bonchev–Trinajstić information content (AvgIpc) is 3.50. The van der Waals surface area contributed by atoms with Crippen LogP contribution in [0.1, 0.15) is 25.5 Å². The van der Waals surface area contributed by atoms with E-state index in [2.05, 4.69) is 16.4 Å². The van der Waals surface area contributed by atoms with Gasteiger partial charge in [-0.3, -0.25) is 14.7 Å². The van der Waals surface area contributed by atoms with Crippen LogP contribution >= 0.6 is 0 Å². The first-order valence-electron chi connectivity index (χ1n) is 9.90. The fourth-order valence-electron chi connectivity index (χ4n) is 4.03. The van der Waals surface area contributed by atoms with Crippen molar-refractivity contribution in [1.29, 1.82) is 5.26 Å². The van der Waals surface area contributed by atoms with Gasteiger partial charge in [-0.25, -0.2) is 4.79 Å². The van der Waals surface area contributed by atoms with Crippen molar-refractivity contribution >= 4 is 17.7 Å². The highest BCUT2D eigenvalue weighted by Crippen LogP contribution is 2.47. The second-order valence-corrected chi connectivity index (χ2v) is 7.92. The third-order valence-electron chi connectivity index (χ3n) is 5.94. The summed E-state index contributed by atoms with van der Waals surface area (Å²) in [5, 5.41) is 12.0. The highest BCUT2D eigenvalue weighted by Gasteiger charge is 2.47. The van der Waals surface area contributed by atoms with Gasteiger partial charge in [0.2, 0.25) is 5.91 Å². The Labute approximate surface area is 173 Å². The number of amides is 2. The number of benzene rings is 1. The lowest BCUT2D eigenvalue weighted by Crippen LogP contribution is -2.47. The molecule has 152 valence electrons. The lowest BCUT2D eigenvalue weighted by atomic mass is 10.0. The summed E-state index contributed by atoms with van der Waals surface area (Å²) >= 11 is 0. The molecule has 5 rings (SSSR count). The Morgan fingerprint density at radius 3 is 2.80 bits per heavy atom. The van der Waals surface area contributed by atoms with Crippen molar-refractivity contribution in [1.82, 2.24) is 10.3 Å². The molecule has 8 heteroatoms. The molecule has 0 bridgehead atoms. The molecule has 3 aliphatic rings. The molecule has 2 aromatic rings. The molecule has 0 spiro atoms. The quantitative estimate of drug-likeness (QED) is 0.840. The number of carbonyl (C=O) groups excluding carboxylic acids is 2. The largest absolute Gasteiger partial charge is 0.489 e. The summed E-state index contributed by atoms with van der Waals surface area (Å²) in [5.74, 6) is 0.425. The zero-order chi connectivity index (χ0) is 20.9. The van der Waals surface area contributed by atoms with E-state index in [0.717, 1.165) is 29.7 Å². The van der Waals surface area contributed by atoms with Gasteiger partial charge in [0.25, 0.3) is 0 Å². The molecule has 1 aromatic heterocycles. The fourth-order valence-corrected chi connectivity index (χ4v) is 4.03. The van der Waals surface area contributed by atoms with Crippen LogP contribution in [0.25, 0.3) is 11.1 Å². The molecule has 2 aliphatic heterocycles. The highest BCUT2D eigenvalue weighted by molar-refractivity contribution is 5.94. The Hall–Kier alpha value is -3.60. The molecule has 3 heterocycles. The highest BCUT2D eigenvalue weighted by atomic mass is 16.6. The van der Waals surface area contributed by atoms with Crippen LogP contribution in [0.15, 0.2) is 36.5 Å². The van der Waals surface area contributed by atoms with Gasteiger partial charge < -0.3 is 14.8 Å². The van der Waals surface area contributed by atoms with Crippen molar-refractivity contribution in [2.45, 2.75) is 37.3 Å². The number of nitrogens with zero attached hydrogens (tertiary/aromatic N) is 3. The number of hydrogen-bond acceptors (Lipinski definition) is 6. The number of cyclic esters (lactones) is 1. The topological polar surface area (TPSA) is 105 Å².